The van der Waals surface area contributed by atoms with Gasteiger partial charge in [-0.1, -0.05) is 24.3 Å². The number of benzene rings is 2. The minimum atomic E-state index is -0.496. The topological polar surface area (TPSA) is 71.3 Å². The summed E-state index contributed by atoms with van der Waals surface area (Å²) in [6.07, 6.45) is 0.511. The molecule has 0 fully saturated rings. The van der Waals surface area contributed by atoms with Gasteiger partial charge in [-0.15, -0.1) is 16.4 Å². The molecule has 0 saturated heterocycles. The number of rotatable bonds is 5. The normalized spacial score (nSPS) is 10.9. The molecule has 2 heterocycles. The standard InChI is InChI=1S/C19H15F2N5OS/c20-13-5-3-4-12(10-13)17-24-19-26(25-17)14(11-28-19)8-9-22-18(27)23-16-7-2-1-6-15(16)21/h1-7,10-11H,8-9H2,(H2,22,23,27). The second kappa shape index (κ2) is 7.73. The van der Waals surface area contributed by atoms with E-state index in [9.17, 15) is 13.6 Å². The van der Waals surface area contributed by atoms with E-state index >= 15 is 0 Å². The van der Waals surface area contributed by atoms with Gasteiger partial charge in [0, 0.05) is 23.9 Å². The molecule has 0 radical (unpaired) electrons. The van der Waals surface area contributed by atoms with E-state index in [1.54, 1.807) is 28.8 Å². The Bertz CT molecular complexity index is 1140. The van der Waals surface area contributed by atoms with Gasteiger partial charge in [-0.3, -0.25) is 0 Å². The number of anilines is 1. The zero-order valence-electron chi connectivity index (χ0n) is 14.5. The molecule has 6 nitrogen and oxygen atoms in total. The summed E-state index contributed by atoms with van der Waals surface area (Å²) in [6, 6.07) is 11.6. The molecule has 142 valence electrons. The van der Waals surface area contributed by atoms with Crippen LogP contribution < -0.4 is 10.6 Å². The van der Waals surface area contributed by atoms with Crippen LogP contribution in [0.4, 0.5) is 19.3 Å². The molecule has 4 rings (SSSR count). The minimum Gasteiger partial charge on any atom is -0.337 e. The lowest BCUT2D eigenvalue weighted by atomic mass is 10.2. The molecule has 4 aromatic rings. The molecule has 0 aliphatic rings. The van der Waals surface area contributed by atoms with Crippen LogP contribution in [0, 0.1) is 11.6 Å². The van der Waals surface area contributed by atoms with E-state index in [-0.39, 0.29) is 11.5 Å². The first kappa shape index (κ1) is 18.1. The summed E-state index contributed by atoms with van der Waals surface area (Å²) in [7, 11) is 0. The van der Waals surface area contributed by atoms with Crippen molar-refractivity contribution in [2.24, 2.45) is 0 Å². The van der Waals surface area contributed by atoms with E-state index in [0.29, 0.717) is 29.3 Å². The maximum atomic E-state index is 13.6. The van der Waals surface area contributed by atoms with Gasteiger partial charge in [-0.25, -0.2) is 18.1 Å². The number of hydrogen-bond donors (Lipinski definition) is 2. The summed E-state index contributed by atoms with van der Waals surface area (Å²) in [5, 5.41) is 11.5. The molecule has 0 aliphatic carbocycles. The van der Waals surface area contributed by atoms with Gasteiger partial charge < -0.3 is 10.6 Å². The lowest BCUT2D eigenvalue weighted by Crippen LogP contribution is -2.31. The molecule has 9 heteroatoms. The highest BCUT2D eigenvalue weighted by molar-refractivity contribution is 7.15. The van der Waals surface area contributed by atoms with Crippen LogP contribution in [-0.4, -0.2) is 27.2 Å². The molecule has 0 atom stereocenters. The number of carbonyl (C=O) groups is 1. The molecular formula is C19H15F2N5OS. The molecule has 0 spiro atoms. The van der Waals surface area contributed by atoms with Crippen molar-refractivity contribution in [2.45, 2.75) is 6.42 Å². The SMILES string of the molecule is O=C(NCCc1csc2nc(-c3cccc(F)c3)nn12)Nc1ccccc1F. The quantitative estimate of drug-likeness (QED) is 0.531. The summed E-state index contributed by atoms with van der Waals surface area (Å²) in [4.78, 5) is 17.0. The lowest BCUT2D eigenvalue weighted by molar-refractivity contribution is 0.252. The Morgan fingerprint density at radius 3 is 2.82 bits per heavy atom. The number of hydrogen-bond acceptors (Lipinski definition) is 4. The lowest BCUT2D eigenvalue weighted by Gasteiger charge is -2.07. The predicted molar refractivity (Wildman–Crippen MR) is 103 cm³/mol. The van der Waals surface area contributed by atoms with E-state index in [1.165, 1.54) is 35.6 Å². The summed E-state index contributed by atoms with van der Waals surface area (Å²) in [5.74, 6) is -0.400. The molecule has 2 aromatic heterocycles. The molecule has 2 amide bonds. The summed E-state index contributed by atoms with van der Waals surface area (Å²) < 4.78 is 28.6. The highest BCUT2D eigenvalue weighted by atomic mass is 32.1. The zero-order chi connectivity index (χ0) is 19.5. The molecule has 0 unspecified atom stereocenters. The number of urea groups is 1. The fraction of sp³-hybridized carbons (Fsp3) is 0.105. The van der Waals surface area contributed by atoms with Crippen molar-refractivity contribution in [1.82, 2.24) is 19.9 Å². The van der Waals surface area contributed by atoms with Gasteiger partial charge in [-0.2, -0.15) is 4.98 Å². The van der Waals surface area contributed by atoms with Crippen molar-refractivity contribution in [3.8, 4) is 11.4 Å². The molecule has 28 heavy (non-hydrogen) atoms. The maximum absolute atomic E-state index is 13.6. The number of para-hydroxylation sites is 1. The zero-order valence-corrected chi connectivity index (χ0v) is 15.3. The Kier molecular flexibility index (Phi) is 4.98. The van der Waals surface area contributed by atoms with Crippen LogP contribution in [0.2, 0.25) is 0 Å². The monoisotopic (exact) mass is 399 g/mol. The third-order valence-corrected chi connectivity index (χ3v) is 4.89. The Balaban J connectivity index is 1.40. The third-order valence-electron chi connectivity index (χ3n) is 4.02. The van der Waals surface area contributed by atoms with Crippen molar-refractivity contribution in [2.75, 3.05) is 11.9 Å². The van der Waals surface area contributed by atoms with E-state index in [1.807, 2.05) is 5.38 Å². The fourth-order valence-electron chi connectivity index (χ4n) is 2.68. The van der Waals surface area contributed by atoms with Crippen LogP contribution in [0.5, 0.6) is 0 Å². The first-order valence-electron chi connectivity index (χ1n) is 8.48. The largest absolute Gasteiger partial charge is 0.337 e. The molecule has 0 bridgehead atoms. The summed E-state index contributed by atoms with van der Waals surface area (Å²) in [5.41, 5.74) is 1.58. The number of nitrogens with one attached hydrogen (secondary N) is 2. The number of carbonyl (C=O) groups excluding carboxylic acids is 1. The smallest absolute Gasteiger partial charge is 0.319 e. The minimum absolute atomic E-state index is 0.119. The van der Waals surface area contributed by atoms with Crippen molar-refractivity contribution >= 4 is 28.0 Å². The van der Waals surface area contributed by atoms with Gasteiger partial charge in [0.1, 0.15) is 11.6 Å². The van der Waals surface area contributed by atoms with Crippen molar-refractivity contribution in [3.05, 3.63) is 71.2 Å². The van der Waals surface area contributed by atoms with Gasteiger partial charge in [0.2, 0.25) is 4.96 Å². The van der Waals surface area contributed by atoms with Gasteiger partial charge >= 0.3 is 6.03 Å². The van der Waals surface area contributed by atoms with Gasteiger partial charge in [0.05, 0.1) is 11.4 Å². The van der Waals surface area contributed by atoms with Crippen LogP contribution in [0.25, 0.3) is 16.3 Å². The summed E-state index contributed by atoms with van der Waals surface area (Å²) >= 11 is 1.41. The van der Waals surface area contributed by atoms with Crippen LogP contribution in [-0.2, 0) is 6.42 Å². The van der Waals surface area contributed by atoms with Crippen LogP contribution in [0.15, 0.2) is 53.9 Å². The third kappa shape index (κ3) is 3.84. The van der Waals surface area contributed by atoms with E-state index in [4.69, 9.17) is 0 Å². The second-order valence-corrected chi connectivity index (χ2v) is 6.81. The molecule has 0 saturated carbocycles. The van der Waals surface area contributed by atoms with E-state index < -0.39 is 11.8 Å². The number of nitrogens with zero attached hydrogens (tertiary/aromatic N) is 3. The van der Waals surface area contributed by atoms with Crippen LogP contribution in [0.3, 0.4) is 0 Å². The van der Waals surface area contributed by atoms with Crippen molar-refractivity contribution < 1.29 is 13.6 Å². The number of fused-ring (bicyclic) bond motifs is 1. The molecule has 2 N–H and O–H groups in total. The predicted octanol–water partition coefficient (Wildman–Crippen LogP) is 4.10. The van der Waals surface area contributed by atoms with E-state index in [2.05, 4.69) is 20.7 Å². The van der Waals surface area contributed by atoms with Gasteiger partial charge in [-0.05, 0) is 24.3 Å². The average Bonchev–Trinajstić information content (AvgIpc) is 3.25. The Morgan fingerprint density at radius 1 is 1.14 bits per heavy atom. The Labute approximate surface area is 162 Å². The van der Waals surface area contributed by atoms with Crippen LogP contribution >= 0.6 is 11.3 Å². The molecular weight excluding hydrogens is 384 g/mol. The highest BCUT2D eigenvalue weighted by Gasteiger charge is 2.12. The number of thiazole rings is 1. The Hall–Kier alpha value is -3.33. The maximum Gasteiger partial charge on any atom is 0.319 e. The number of amides is 2. The van der Waals surface area contributed by atoms with Crippen molar-refractivity contribution in [3.63, 3.8) is 0 Å². The average molecular weight is 399 g/mol. The first-order chi connectivity index (χ1) is 13.6. The molecule has 0 aliphatic heterocycles. The number of aromatic nitrogens is 3. The summed E-state index contributed by atoms with van der Waals surface area (Å²) in [6.45, 7) is 0.335. The highest BCUT2D eigenvalue weighted by Crippen LogP contribution is 2.21. The fourth-order valence-corrected chi connectivity index (χ4v) is 3.54. The van der Waals surface area contributed by atoms with Gasteiger partial charge in [0.15, 0.2) is 5.82 Å². The Morgan fingerprint density at radius 2 is 2.00 bits per heavy atom. The van der Waals surface area contributed by atoms with Gasteiger partial charge in [0.25, 0.3) is 0 Å². The second-order valence-electron chi connectivity index (χ2n) is 5.98. The number of halogens is 2. The van der Waals surface area contributed by atoms with Crippen molar-refractivity contribution in [1.29, 1.82) is 0 Å². The molecule has 2 aromatic carbocycles. The van der Waals surface area contributed by atoms with Crippen LogP contribution in [0.1, 0.15) is 5.69 Å². The van der Waals surface area contributed by atoms with E-state index in [0.717, 1.165) is 5.69 Å². The first-order valence-corrected chi connectivity index (χ1v) is 9.36.